The van der Waals surface area contributed by atoms with Crippen LogP contribution in [0.4, 0.5) is 9.18 Å². The van der Waals surface area contributed by atoms with E-state index >= 15 is 0 Å². The highest BCUT2D eigenvalue weighted by molar-refractivity contribution is 6.35. The minimum atomic E-state index is -0.730. The summed E-state index contributed by atoms with van der Waals surface area (Å²) in [5, 5.41) is 4.01. The number of nitrogens with one attached hydrogen (secondary N) is 1. The smallest absolute Gasteiger partial charge is 0.318 e. The summed E-state index contributed by atoms with van der Waals surface area (Å²) in [6.07, 6.45) is 3.72. The zero-order valence-corrected chi connectivity index (χ0v) is 24.9. The van der Waals surface area contributed by atoms with Crippen molar-refractivity contribution in [3.63, 3.8) is 0 Å². The van der Waals surface area contributed by atoms with Crippen molar-refractivity contribution >= 4 is 35.1 Å². The fourth-order valence-electron chi connectivity index (χ4n) is 6.12. The van der Waals surface area contributed by atoms with Crippen LogP contribution < -0.4 is 10.1 Å². The molecular formula is C31H39Cl2FN4O3. The highest BCUT2D eigenvalue weighted by atomic mass is 35.5. The molecule has 41 heavy (non-hydrogen) atoms. The van der Waals surface area contributed by atoms with Gasteiger partial charge in [0.05, 0.1) is 0 Å². The van der Waals surface area contributed by atoms with Crippen molar-refractivity contribution in [1.29, 1.82) is 0 Å². The molecule has 3 saturated heterocycles. The molecule has 2 atom stereocenters. The van der Waals surface area contributed by atoms with Crippen LogP contribution in [0.3, 0.4) is 0 Å². The summed E-state index contributed by atoms with van der Waals surface area (Å²) in [5.41, 5.74) is 1.92. The number of para-hydroxylation sites is 1. The lowest BCUT2D eigenvalue weighted by atomic mass is 9.88. The Morgan fingerprint density at radius 3 is 2.44 bits per heavy atom. The van der Waals surface area contributed by atoms with Crippen molar-refractivity contribution in [1.82, 2.24) is 20.0 Å². The molecule has 7 nitrogen and oxygen atoms in total. The molecule has 0 aromatic heterocycles. The van der Waals surface area contributed by atoms with Crippen LogP contribution in [0.15, 0.2) is 42.5 Å². The quantitative estimate of drug-likeness (QED) is 0.408. The van der Waals surface area contributed by atoms with Crippen LogP contribution in [0.25, 0.3) is 0 Å². The molecule has 5 rings (SSSR count). The van der Waals surface area contributed by atoms with Gasteiger partial charge in [0.25, 0.3) is 0 Å². The first-order valence-corrected chi connectivity index (χ1v) is 15.5. The molecular weight excluding hydrogens is 566 g/mol. The summed E-state index contributed by atoms with van der Waals surface area (Å²) in [4.78, 5) is 32.5. The summed E-state index contributed by atoms with van der Waals surface area (Å²) >= 11 is 12.5. The molecule has 2 aromatic carbocycles. The predicted molar refractivity (Wildman–Crippen MR) is 160 cm³/mol. The van der Waals surface area contributed by atoms with Gasteiger partial charge >= 0.3 is 6.03 Å². The number of amides is 3. The maximum absolute atomic E-state index is 13.8. The molecule has 3 aliphatic heterocycles. The van der Waals surface area contributed by atoms with E-state index in [9.17, 15) is 14.0 Å². The number of piperidine rings is 1. The van der Waals surface area contributed by atoms with Gasteiger partial charge in [-0.25, -0.2) is 9.18 Å². The summed E-state index contributed by atoms with van der Waals surface area (Å²) in [7, 11) is 0. The topological polar surface area (TPSA) is 65.1 Å². The zero-order valence-electron chi connectivity index (χ0n) is 23.4. The van der Waals surface area contributed by atoms with Gasteiger partial charge in [0, 0.05) is 62.3 Å². The minimum Gasteiger partial charge on any atom is -0.492 e. The first kappa shape index (κ1) is 29.9. The molecule has 10 heteroatoms. The Morgan fingerprint density at radius 2 is 1.73 bits per heavy atom. The SMILES string of the molecule is O=C(N[C@H](Cc1ccc(Cl)cc1Cl)C(=O)N1CCC(c2ccccc2OCCN2CC[C@@H](F)C2)CC1)N1CCCC1. The third-order valence-electron chi connectivity index (χ3n) is 8.47. The Bertz CT molecular complexity index is 1200. The number of carbonyl (C=O) groups excluding carboxylic acids is 2. The van der Waals surface area contributed by atoms with E-state index < -0.39 is 12.2 Å². The maximum Gasteiger partial charge on any atom is 0.318 e. The summed E-state index contributed by atoms with van der Waals surface area (Å²) in [6.45, 7) is 5.09. The number of likely N-dealkylation sites (tertiary alicyclic amines) is 3. The lowest BCUT2D eigenvalue weighted by molar-refractivity contribution is -0.134. The lowest BCUT2D eigenvalue weighted by Gasteiger charge is -2.35. The fraction of sp³-hybridized carbons (Fsp3) is 0.548. The number of urea groups is 1. The monoisotopic (exact) mass is 604 g/mol. The fourth-order valence-corrected chi connectivity index (χ4v) is 6.61. The molecule has 3 aliphatic rings. The Morgan fingerprint density at radius 1 is 0.976 bits per heavy atom. The van der Waals surface area contributed by atoms with Crippen LogP contribution in [0.1, 0.15) is 49.1 Å². The van der Waals surface area contributed by atoms with E-state index in [1.54, 1.807) is 17.0 Å². The van der Waals surface area contributed by atoms with E-state index in [0.29, 0.717) is 68.8 Å². The number of benzene rings is 2. The highest BCUT2D eigenvalue weighted by Gasteiger charge is 2.32. The molecule has 222 valence electrons. The Balaban J connectivity index is 1.21. The van der Waals surface area contributed by atoms with Crippen LogP contribution in [0, 0.1) is 0 Å². The van der Waals surface area contributed by atoms with Gasteiger partial charge in [-0.1, -0.05) is 47.5 Å². The van der Waals surface area contributed by atoms with Gasteiger partial charge < -0.3 is 19.9 Å². The maximum atomic E-state index is 13.8. The second-order valence-electron chi connectivity index (χ2n) is 11.3. The summed E-state index contributed by atoms with van der Waals surface area (Å²) in [6, 6.07) is 12.4. The third-order valence-corrected chi connectivity index (χ3v) is 9.06. The van der Waals surface area contributed by atoms with Crippen molar-refractivity contribution in [3.05, 3.63) is 63.6 Å². The van der Waals surface area contributed by atoms with Crippen LogP contribution >= 0.6 is 23.2 Å². The van der Waals surface area contributed by atoms with Crippen LogP contribution in [-0.2, 0) is 11.2 Å². The molecule has 0 saturated carbocycles. The molecule has 0 bridgehead atoms. The van der Waals surface area contributed by atoms with Gasteiger partial charge in [-0.2, -0.15) is 0 Å². The molecule has 0 unspecified atom stereocenters. The molecule has 0 aliphatic carbocycles. The summed E-state index contributed by atoms with van der Waals surface area (Å²) in [5.74, 6) is 1.03. The Labute approximate surface area is 251 Å². The third kappa shape index (κ3) is 7.85. The number of carbonyl (C=O) groups is 2. The predicted octanol–water partition coefficient (Wildman–Crippen LogP) is 5.54. The van der Waals surface area contributed by atoms with E-state index in [1.807, 2.05) is 29.2 Å². The van der Waals surface area contributed by atoms with E-state index in [0.717, 1.165) is 49.1 Å². The minimum absolute atomic E-state index is 0.0941. The number of rotatable bonds is 9. The molecule has 1 N–H and O–H groups in total. The van der Waals surface area contributed by atoms with Crippen LogP contribution in [0.5, 0.6) is 5.75 Å². The van der Waals surface area contributed by atoms with E-state index in [-0.39, 0.29) is 17.9 Å². The molecule has 0 spiro atoms. The van der Waals surface area contributed by atoms with E-state index in [4.69, 9.17) is 27.9 Å². The lowest BCUT2D eigenvalue weighted by Crippen LogP contribution is -2.54. The van der Waals surface area contributed by atoms with Crippen molar-refractivity contribution in [2.75, 3.05) is 52.4 Å². The van der Waals surface area contributed by atoms with Gasteiger partial charge in [0.2, 0.25) is 5.91 Å². The van der Waals surface area contributed by atoms with Crippen molar-refractivity contribution in [2.45, 2.75) is 56.7 Å². The molecule has 2 aromatic rings. The average molecular weight is 606 g/mol. The normalized spacial score (nSPS) is 20.8. The number of alkyl halides is 1. The summed E-state index contributed by atoms with van der Waals surface area (Å²) < 4.78 is 19.7. The second-order valence-corrected chi connectivity index (χ2v) is 12.2. The van der Waals surface area contributed by atoms with Crippen LogP contribution in [-0.4, -0.2) is 91.3 Å². The van der Waals surface area contributed by atoms with Crippen molar-refractivity contribution < 1.29 is 18.7 Å². The molecule has 3 amide bonds. The number of hydrogen-bond acceptors (Lipinski definition) is 4. The zero-order chi connectivity index (χ0) is 28.8. The van der Waals surface area contributed by atoms with Gasteiger partial charge in [-0.3, -0.25) is 9.69 Å². The van der Waals surface area contributed by atoms with Crippen molar-refractivity contribution in [2.24, 2.45) is 0 Å². The average Bonchev–Trinajstić information content (AvgIpc) is 3.66. The van der Waals surface area contributed by atoms with E-state index in [1.165, 1.54) is 0 Å². The van der Waals surface area contributed by atoms with Gasteiger partial charge in [0.15, 0.2) is 0 Å². The molecule has 3 heterocycles. The van der Waals surface area contributed by atoms with Gasteiger partial charge in [0.1, 0.15) is 24.6 Å². The second kappa shape index (κ2) is 14.1. The number of nitrogens with zero attached hydrogens (tertiary/aromatic N) is 3. The number of ether oxygens (including phenoxy) is 1. The Kier molecular flexibility index (Phi) is 10.3. The largest absolute Gasteiger partial charge is 0.492 e. The Hall–Kier alpha value is -2.55. The number of halogens is 3. The van der Waals surface area contributed by atoms with Crippen LogP contribution in [0.2, 0.25) is 10.0 Å². The van der Waals surface area contributed by atoms with Crippen molar-refractivity contribution in [3.8, 4) is 5.75 Å². The molecule has 3 fully saturated rings. The van der Waals surface area contributed by atoms with E-state index in [2.05, 4.69) is 16.3 Å². The number of hydrogen-bond donors (Lipinski definition) is 1. The molecule has 0 radical (unpaired) electrons. The first-order chi connectivity index (χ1) is 19.9. The highest BCUT2D eigenvalue weighted by Crippen LogP contribution is 2.34. The van der Waals surface area contributed by atoms with Gasteiger partial charge in [-0.15, -0.1) is 0 Å². The van der Waals surface area contributed by atoms with Gasteiger partial charge in [-0.05, 0) is 67.3 Å². The first-order valence-electron chi connectivity index (χ1n) is 14.7. The standard InChI is InChI=1S/C31H39Cl2FN4O3/c32-24-8-7-23(27(33)20-24)19-28(35-31(40)38-12-3-4-13-38)30(39)37-15-9-22(10-16-37)26-5-1-2-6-29(26)41-18-17-36-14-11-25(34)21-36/h1-2,5-8,20,22,25,28H,3-4,9-19,21H2,(H,35,40)/t25-,28-/m1/s1.